The number of aromatic amines is 1. The summed E-state index contributed by atoms with van der Waals surface area (Å²) in [6.45, 7) is 2.58. The molecule has 3 fully saturated rings. The van der Waals surface area contributed by atoms with E-state index >= 15 is 0 Å². The minimum Gasteiger partial charge on any atom is -0.324 e. The van der Waals surface area contributed by atoms with Crippen LogP contribution in [0.4, 0.5) is 22.4 Å². The number of carbonyl (C=O) groups is 1. The molecule has 2 amide bonds. The molecule has 2 atom stereocenters. The van der Waals surface area contributed by atoms with Gasteiger partial charge in [0.2, 0.25) is 0 Å². The van der Waals surface area contributed by atoms with Crippen LogP contribution in [0.2, 0.25) is 0 Å². The molecule has 3 heterocycles. The lowest BCUT2D eigenvalue weighted by atomic mass is 9.56. The fourth-order valence-electron chi connectivity index (χ4n) is 5.55. The number of aromatic nitrogens is 3. The van der Waals surface area contributed by atoms with Crippen LogP contribution in [0.1, 0.15) is 36.6 Å². The second-order valence-corrected chi connectivity index (χ2v) is 11.7. The van der Waals surface area contributed by atoms with Gasteiger partial charge in [0.1, 0.15) is 18.0 Å². The molecule has 0 bridgehead atoms. The number of hydrogen-bond acceptors (Lipinski definition) is 5. The summed E-state index contributed by atoms with van der Waals surface area (Å²) in [5, 5.41) is 6.72. The Morgan fingerprint density at radius 3 is 2.62 bits per heavy atom. The monoisotopic (exact) mass is 500 g/mol. The number of nitrogens with one attached hydrogen (secondary N) is 2. The Morgan fingerprint density at radius 2 is 2.00 bits per heavy atom. The zero-order valence-electron chi connectivity index (χ0n) is 18.1. The molecule has 1 aromatic heterocycles. The van der Waals surface area contributed by atoms with Gasteiger partial charge in [0, 0.05) is 37.5 Å². The Hall–Kier alpha value is -2.70. The minimum atomic E-state index is -5.25. The van der Waals surface area contributed by atoms with Crippen LogP contribution in [0.3, 0.4) is 0 Å². The van der Waals surface area contributed by atoms with E-state index in [2.05, 4.69) is 15.2 Å². The van der Waals surface area contributed by atoms with Crippen LogP contribution in [0.5, 0.6) is 0 Å². The molecule has 2 unspecified atom stereocenters. The third-order valence-electron chi connectivity index (χ3n) is 7.24. The summed E-state index contributed by atoms with van der Waals surface area (Å²) in [5.74, 6) is 0.253. The van der Waals surface area contributed by atoms with E-state index < -0.39 is 26.0 Å². The van der Waals surface area contributed by atoms with Gasteiger partial charge in [0.15, 0.2) is 9.73 Å². The molecule has 8 nitrogen and oxygen atoms in total. The number of H-pyrrole nitrogens is 1. The van der Waals surface area contributed by atoms with Crippen molar-refractivity contribution in [2.45, 2.75) is 42.0 Å². The number of halogens is 4. The van der Waals surface area contributed by atoms with Crippen LogP contribution >= 0.6 is 0 Å². The SMILES string of the molecule is N=S(=O)(c1ccc(CC2CC3(C2)CN(C(=O)N2CCC(c4ncn[nH]4)C2)C3)c(F)c1)C(F)(F)F. The van der Waals surface area contributed by atoms with Gasteiger partial charge in [-0.2, -0.15) is 18.3 Å². The molecule has 2 N–H and O–H groups in total. The van der Waals surface area contributed by atoms with Gasteiger partial charge < -0.3 is 9.80 Å². The van der Waals surface area contributed by atoms with Crippen molar-refractivity contribution in [3.8, 4) is 0 Å². The maximum atomic E-state index is 14.4. The first kappa shape index (κ1) is 23.1. The predicted molar refractivity (Wildman–Crippen MR) is 113 cm³/mol. The molecule has 2 aromatic rings. The Bertz CT molecular complexity index is 1190. The number of alkyl halides is 3. The van der Waals surface area contributed by atoms with Crippen molar-refractivity contribution < 1.29 is 26.6 Å². The Morgan fingerprint density at radius 1 is 1.26 bits per heavy atom. The van der Waals surface area contributed by atoms with Gasteiger partial charge in [-0.25, -0.2) is 23.2 Å². The summed E-state index contributed by atoms with van der Waals surface area (Å²) in [6.07, 6.45) is 4.29. The number of likely N-dealkylation sites (tertiary alicyclic amines) is 2. The summed E-state index contributed by atoms with van der Waals surface area (Å²) in [4.78, 5) is 19.8. The fourth-order valence-corrected chi connectivity index (χ4v) is 6.35. The highest BCUT2D eigenvalue weighted by Crippen LogP contribution is 2.53. The van der Waals surface area contributed by atoms with Crippen molar-refractivity contribution in [2.24, 2.45) is 11.3 Å². The smallest absolute Gasteiger partial charge is 0.324 e. The number of nitrogens with zero attached hydrogens (tertiary/aromatic N) is 4. The highest BCUT2D eigenvalue weighted by Gasteiger charge is 2.54. The van der Waals surface area contributed by atoms with E-state index in [1.165, 1.54) is 12.4 Å². The maximum absolute atomic E-state index is 14.4. The number of urea groups is 1. The first-order valence-electron chi connectivity index (χ1n) is 11.0. The third-order valence-corrected chi connectivity index (χ3v) is 8.81. The number of hydrogen-bond donors (Lipinski definition) is 2. The number of benzene rings is 1. The quantitative estimate of drug-likeness (QED) is 0.624. The van der Waals surface area contributed by atoms with Crippen molar-refractivity contribution in [3.05, 3.63) is 41.7 Å². The van der Waals surface area contributed by atoms with E-state index in [9.17, 15) is 26.6 Å². The zero-order chi connectivity index (χ0) is 24.3. The van der Waals surface area contributed by atoms with E-state index in [1.807, 2.05) is 9.80 Å². The van der Waals surface area contributed by atoms with E-state index in [-0.39, 0.29) is 28.8 Å². The van der Waals surface area contributed by atoms with Crippen LogP contribution in [0.25, 0.3) is 0 Å². The van der Waals surface area contributed by atoms with Crippen molar-refractivity contribution in [2.75, 3.05) is 26.2 Å². The zero-order valence-corrected chi connectivity index (χ0v) is 19.0. The molecule has 1 saturated carbocycles. The first-order chi connectivity index (χ1) is 16.0. The van der Waals surface area contributed by atoms with Gasteiger partial charge in [0.25, 0.3) is 0 Å². The maximum Gasteiger partial charge on any atom is 0.483 e. The molecule has 5 rings (SSSR count). The van der Waals surface area contributed by atoms with Gasteiger partial charge in [-0.3, -0.25) is 5.10 Å². The van der Waals surface area contributed by atoms with Crippen molar-refractivity contribution in [1.29, 1.82) is 4.78 Å². The Kier molecular flexibility index (Phi) is 5.37. The summed E-state index contributed by atoms with van der Waals surface area (Å²) in [7, 11) is -5.08. The lowest BCUT2D eigenvalue weighted by molar-refractivity contribution is -0.0755. The molecule has 13 heteroatoms. The van der Waals surface area contributed by atoms with E-state index in [4.69, 9.17) is 4.78 Å². The molecule has 1 aromatic carbocycles. The molecular formula is C21H24F4N6O2S. The number of amides is 2. The van der Waals surface area contributed by atoms with Gasteiger partial charge in [0.05, 0.1) is 4.90 Å². The molecular weight excluding hydrogens is 476 g/mol. The molecule has 1 aliphatic carbocycles. The van der Waals surface area contributed by atoms with Crippen molar-refractivity contribution in [3.63, 3.8) is 0 Å². The highest BCUT2D eigenvalue weighted by atomic mass is 32.2. The average molecular weight is 501 g/mol. The molecule has 2 aliphatic heterocycles. The van der Waals surface area contributed by atoms with Crippen molar-refractivity contribution >= 4 is 15.8 Å². The molecule has 3 aliphatic rings. The second-order valence-electron chi connectivity index (χ2n) is 9.67. The minimum absolute atomic E-state index is 0.0152. The third kappa shape index (κ3) is 3.93. The topological polar surface area (TPSA) is 106 Å². The lowest BCUT2D eigenvalue weighted by Gasteiger charge is -2.59. The Balaban J connectivity index is 1.11. The highest BCUT2D eigenvalue weighted by molar-refractivity contribution is 7.93. The molecule has 34 heavy (non-hydrogen) atoms. The van der Waals surface area contributed by atoms with Gasteiger partial charge in [-0.1, -0.05) is 6.07 Å². The summed E-state index contributed by atoms with van der Waals surface area (Å²) >= 11 is 0. The largest absolute Gasteiger partial charge is 0.483 e. The standard InChI is InChI=1S/C21H24F4N6O2S/c22-17-6-16(34(26,33)21(23,24)25)2-1-14(17)5-13-7-20(8-13)10-31(11-20)19(32)30-4-3-15(9-30)18-27-12-28-29-18/h1-2,6,12-13,15,26H,3-5,7-11H2,(H,27,28,29). The normalized spacial score (nSPS) is 24.1. The van der Waals surface area contributed by atoms with Crippen LogP contribution in [0, 0.1) is 21.9 Å². The number of rotatable bonds is 4. The summed E-state index contributed by atoms with van der Waals surface area (Å²) in [5.41, 5.74) is -4.96. The second kappa shape index (κ2) is 7.92. The molecule has 184 valence electrons. The first-order valence-corrected chi connectivity index (χ1v) is 12.6. The van der Waals surface area contributed by atoms with E-state index in [0.717, 1.165) is 31.2 Å². The molecule has 1 spiro atoms. The van der Waals surface area contributed by atoms with Crippen LogP contribution in [-0.2, 0) is 16.1 Å². The van der Waals surface area contributed by atoms with Gasteiger partial charge in [-0.05, 0) is 49.3 Å². The predicted octanol–water partition coefficient (Wildman–Crippen LogP) is 3.73. The van der Waals surface area contributed by atoms with E-state index in [1.54, 1.807) is 0 Å². The lowest BCUT2D eigenvalue weighted by Crippen LogP contribution is -2.65. The van der Waals surface area contributed by atoms with Crippen molar-refractivity contribution in [1.82, 2.24) is 25.0 Å². The van der Waals surface area contributed by atoms with Crippen LogP contribution in [-0.4, -0.2) is 66.9 Å². The average Bonchev–Trinajstić information content (AvgIpc) is 3.40. The number of carbonyl (C=O) groups excluding carboxylic acids is 1. The Labute approximate surface area is 193 Å². The van der Waals surface area contributed by atoms with E-state index in [0.29, 0.717) is 38.7 Å². The summed E-state index contributed by atoms with van der Waals surface area (Å²) in [6, 6.07) is 2.71. The fraction of sp³-hybridized carbons (Fsp3) is 0.571. The van der Waals surface area contributed by atoms with Crippen LogP contribution < -0.4 is 0 Å². The molecule has 2 saturated heterocycles. The van der Waals surface area contributed by atoms with Gasteiger partial charge >= 0.3 is 11.5 Å². The molecule has 0 radical (unpaired) electrons. The summed E-state index contributed by atoms with van der Waals surface area (Å²) < 4.78 is 71.6. The van der Waals surface area contributed by atoms with Crippen LogP contribution in [0.15, 0.2) is 29.4 Å². The van der Waals surface area contributed by atoms with Gasteiger partial charge in [-0.15, -0.1) is 0 Å².